The average molecular weight is 541 g/mol. The van der Waals surface area contributed by atoms with Gasteiger partial charge in [-0.05, 0) is 54.0 Å². The van der Waals surface area contributed by atoms with E-state index in [1.54, 1.807) is 36.4 Å². The lowest BCUT2D eigenvalue weighted by molar-refractivity contribution is -0.137. The van der Waals surface area contributed by atoms with Crippen molar-refractivity contribution in [2.24, 2.45) is 0 Å². The Morgan fingerprint density at radius 3 is 1.56 bits per heavy atom. The van der Waals surface area contributed by atoms with Crippen LogP contribution in [-0.4, -0.2) is 47.1 Å². The van der Waals surface area contributed by atoms with E-state index >= 15 is 0 Å². The highest BCUT2D eigenvalue weighted by atomic mass is 16.5. The maximum Gasteiger partial charge on any atom is 0.303 e. The van der Waals surface area contributed by atoms with Crippen molar-refractivity contribution in [2.75, 3.05) is 14.2 Å². The number of phenols is 2. The van der Waals surface area contributed by atoms with Gasteiger partial charge in [0.1, 0.15) is 0 Å². The molecular weight excluding hydrogens is 500 g/mol. The topological polar surface area (TPSA) is 130 Å². The van der Waals surface area contributed by atoms with Gasteiger partial charge in [0.25, 0.3) is 0 Å². The summed E-state index contributed by atoms with van der Waals surface area (Å²) in [6.07, 6.45) is 14.1. The zero-order valence-corrected chi connectivity index (χ0v) is 23.0. The van der Waals surface area contributed by atoms with Gasteiger partial charge in [-0.1, -0.05) is 69.7 Å². The van der Waals surface area contributed by atoms with Crippen molar-refractivity contribution in [2.45, 2.75) is 64.7 Å². The lowest BCUT2D eigenvalue weighted by Crippen LogP contribution is -2.01. The standard InChI is InChI=1S/C21H20O6.C10H20O2/c1-26-20-11-14(5-9-18(20)24)3-7-16(22)13-17(23)8-4-15-6-10-19(25)21(12-15)27-2;1-2-3-4-5-6-7-8-9-10(11)12/h3-12,24-25H,13H2,1-2H3;2-9H2,1H3,(H,11,12)/b7-3+,8-4+;. The number of hydrogen-bond donors (Lipinski definition) is 3. The minimum Gasteiger partial charge on any atom is -0.504 e. The number of unbranched alkanes of at least 4 members (excludes halogenated alkanes) is 6. The van der Waals surface area contributed by atoms with E-state index in [9.17, 15) is 24.6 Å². The first kappa shape index (κ1) is 33.0. The molecule has 8 nitrogen and oxygen atoms in total. The maximum absolute atomic E-state index is 11.9. The van der Waals surface area contributed by atoms with Crippen LogP contribution < -0.4 is 9.47 Å². The number of hydrogen-bond acceptors (Lipinski definition) is 7. The minimum absolute atomic E-state index is 0.00662. The van der Waals surface area contributed by atoms with Gasteiger partial charge in [0.15, 0.2) is 34.6 Å². The molecule has 2 aromatic carbocycles. The molecule has 3 N–H and O–H groups in total. The molecule has 0 amide bonds. The fraction of sp³-hybridized carbons (Fsp3) is 0.387. The van der Waals surface area contributed by atoms with Crippen molar-refractivity contribution in [3.05, 3.63) is 59.7 Å². The zero-order chi connectivity index (χ0) is 29.0. The molecule has 0 atom stereocenters. The van der Waals surface area contributed by atoms with Crippen molar-refractivity contribution in [1.29, 1.82) is 0 Å². The smallest absolute Gasteiger partial charge is 0.303 e. The minimum atomic E-state index is -0.663. The Bertz CT molecular complexity index is 1040. The molecule has 2 rings (SSSR count). The molecule has 0 radical (unpaired) electrons. The molecule has 0 fully saturated rings. The third kappa shape index (κ3) is 14.4. The Balaban J connectivity index is 0.000000534. The lowest BCUT2D eigenvalue weighted by atomic mass is 10.1. The Labute approximate surface area is 230 Å². The number of rotatable bonds is 16. The van der Waals surface area contributed by atoms with Crippen LogP contribution in [0.3, 0.4) is 0 Å². The first-order chi connectivity index (χ1) is 18.7. The number of phenolic OH excluding ortho intramolecular Hbond substituents is 2. The summed E-state index contributed by atoms with van der Waals surface area (Å²) in [5.41, 5.74) is 1.33. The highest BCUT2D eigenvalue weighted by Gasteiger charge is 2.06. The van der Waals surface area contributed by atoms with Crippen LogP contribution in [-0.2, 0) is 14.4 Å². The third-order valence-electron chi connectivity index (χ3n) is 5.67. The second kappa shape index (κ2) is 19.1. The predicted molar refractivity (Wildman–Crippen MR) is 152 cm³/mol. The molecule has 0 saturated carbocycles. The summed E-state index contributed by atoms with van der Waals surface area (Å²) in [7, 11) is 2.87. The van der Waals surface area contributed by atoms with Crippen LogP contribution in [0, 0.1) is 0 Å². The largest absolute Gasteiger partial charge is 0.504 e. The van der Waals surface area contributed by atoms with Crippen LogP contribution in [0.2, 0.25) is 0 Å². The van der Waals surface area contributed by atoms with Gasteiger partial charge in [-0.15, -0.1) is 0 Å². The Morgan fingerprint density at radius 1 is 0.718 bits per heavy atom. The summed E-state index contributed by atoms with van der Waals surface area (Å²) in [4.78, 5) is 34.0. The lowest BCUT2D eigenvalue weighted by Gasteiger charge is -2.03. The molecule has 0 heterocycles. The molecule has 212 valence electrons. The van der Waals surface area contributed by atoms with Crippen molar-refractivity contribution >= 4 is 29.7 Å². The molecule has 0 spiro atoms. The number of ether oxygens (including phenoxy) is 2. The van der Waals surface area contributed by atoms with Gasteiger partial charge < -0.3 is 24.8 Å². The molecular formula is C31H40O8. The molecule has 0 unspecified atom stereocenters. The van der Waals surface area contributed by atoms with Gasteiger partial charge in [0, 0.05) is 6.42 Å². The van der Waals surface area contributed by atoms with Crippen molar-refractivity contribution < 1.29 is 39.2 Å². The number of methoxy groups -OCH3 is 2. The van der Waals surface area contributed by atoms with Crippen LogP contribution in [0.25, 0.3) is 12.2 Å². The van der Waals surface area contributed by atoms with Gasteiger partial charge in [-0.25, -0.2) is 0 Å². The summed E-state index contributed by atoms with van der Waals surface area (Å²) in [5.74, 6) is -0.747. The first-order valence-corrected chi connectivity index (χ1v) is 13.1. The van der Waals surface area contributed by atoms with Crippen LogP contribution >= 0.6 is 0 Å². The zero-order valence-electron chi connectivity index (χ0n) is 23.0. The average Bonchev–Trinajstić information content (AvgIpc) is 2.91. The predicted octanol–water partition coefficient (Wildman–Crippen LogP) is 6.58. The van der Waals surface area contributed by atoms with Gasteiger partial charge in [-0.3, -0.25) is 14.4 Å². The molecule has 0 aliphatic rings. The molecule has 0 aliphatic carbocycles. The molecule has 0 aromatic heterocycles. The summed E-state index contributed by atoms with van der Waals surface area (Å²) >= 11 is 0. The van der Waals surface area contributed by atoms with E-state index in [0.29, 0.717) is 29.0 Å². The highest BCUT2D eigenvalue weighted by Crippen LogP contribution is 2.27. The number of carboxylic acid groups (broad SMARTS) is 1. The number of carbonyl (C=O) groups is 3. The fourth-order valence-electron chi connectivity index (χ4n) is 3.50. The monoisotopic (exact) mass is 540 g/mol. The molecule has 0 aliphatic heterocycles. The number of carbonyl (C=O) groups excluding carboxylic acids is 2. The van der Waals surface area contributed by atoms with Crippen LogP contribution in [0.5, 0.6) is 23.0 Å². The molecule has 39 heavy (non-hydrogen) atoms. The summed E-state index contributed by atoms with van der Waals surface area (Å²) < 4.78 is 10.00. The maximum atomic E-state index is 11.9. The Morgan fingerprint density at radius 2 is 1.15 bits per heavy atom. The number of aromatic hydroxyl groups is 2. The number of benzene rings is 2. The summed E-state index contributed by atoms with van der Waals surface area (Å²) in [5, 5.41) is 27.4. The van der Waals surface area contributed by atoms with Gasteiger partial charge in [-0.2, -0.15) is 0 Å². The second-order valence-corrected chi connectivity index (χ2v) is 8.90. The summed E-state index contributed by atoms with van der Waals surface area (Å²) in [6, 6.07) is 9.34. The van der Waals surface area contributed by atoms with E-state index in [1.165, 1.54) is 70.6 Å². The number of ketones is 2. The van der Waals surface area contributed by atoms with E-state index in [4.69, 9.17) is 14.6 Å². The Hall–Kier alpha value is -4.07. The quantitative estimate of drug-likeness (QED) is 0.124. The third-order valence-corrected chi connectivity index (χ3v) is 5.67. The highest BCUT2D eigenvalue weighted by molar-refractivity contribution is 6.10. The molecule has 0 bridgehead atoms. The number of allylic oxidation sites excluding steroid dienone is 2. The molecule has 8 heteroatoms. The SMILES string of the molecule is CCCCCCCCCC(=O)O.COc1cc(/C=C/C(=O)CC(=O)/C=C/c2ccc(O)c(OC)c2)ccc1O. The second-order valence-electron chi connectivity index (χ2n) is 8.90. The Kier molecular flexibility index (Phi) is 16.1. The first-order valence-electron chi connectivity index (χ1n) is 13.1. The number of aliphatic carboxylic acids is 1. The molecule has 2 aromatic rings. The van der Waals surface area contributed by atoms with Crippen LogP contribution in [0.1, 0.15) is 75.8 Å². The van der Waals surface area contributed by atoms with E-state index < -0.39 is 5.97 Å². The number of carboxylic acids is 1. The van der Waals surface area contributed by atoms with E-state index in [2.05, 4.69) is 6.92 Å². The van der Waals surface area contributed by atoms with Crippen LogP contribution in [0.4, 0.5) is 0 Å². The van der Waals surface area contributed by atoms with Crippen molar-refractivity contribution in [1.82, 2.24) is 0 Å². The van der Waals surface area contributed by atoms with Gasteiger partial charge in [0.2, 0.25) is 0 Å². The van der Waals surface area contributed by atoms with E-state index in [0.717, 1.165) is 12.8 Å². The van der Waals surface area contributed by atoms with Crippen LogP contribution in [0.15, 0.2) is 48.6 Å². The van der Waals surface area contributed by atoms with Crippen molar-refractivity contribution in [3.63, 3.8) is 0 Å². The van der Waals surface area contributed by atoms with Gasteiger partial charge >= 0.3 is 5.97 Å². The normalized spacial score (nSPS) is 10.7. The summed E-state index contributed by atoms with van der Waals surface area (Å²) in [6.45, 7) is 2.20. The van der Waals surface area contributed by atoms with Gasteiger partial charge in [0.05, 0.1) is 20.6 Å². The van der Waals surface area contributed by atoms with E-state index in [1.807, 2.05) is 0 Å². The van der Waals surface area contributed by atoms with E-state index in [-0.39, 0.29) is 29.5 Å². The van der Waals surface area contributed by atoms with Crippen molar-refractivity contribution in [3.8, 4) is 23.0 Å². The fourth-order valence-corrected chi connectivity index (χ4v) is 3.50. The molecule has 0 saturated heterocycles.